The van der Waals surface area contributed by atoms with Crippen LogP contribution in [-0.2, 0) is 18.9 Å². The molecule has 2 aliphatic heterocycles. The van der Waals surface area contributed by atoms with Crippen molar-refractivity contribution in [2.45, 2.75) is 105 Å². The van der Waals surface area contributed by atoms with E-state index in [4.69, 9.17) is 67.8 Å². The lowest BCUT2D eigenvalue weighted by atomic mass is 10.1. The van der Waals surface area contributed by atoms with Crippen LogP contribution in [-0.4, -0.2) is 90.2 Å². The van der Waals surface area contributed by atoms with Crippen molar-refractivity contribution in [3.05, 3.63) is 192 Å². The van der Waals surface area contributed by atoms with E-state index in [1.165, 1.54) is 0 Å². The number of hydrogen-bond acceptors (Lipinski definition) is 18. The number of esters is 4. The van der Waals surface area contributed by atoms with Gasteiger partial charge in [0.2, 0.25) is 0 Å². The molecule has 3 aromatic heterocycles. The Hall–Kier alpha value is -11.8. The highest BCUT2D eigenvalue weighted by molar-refractivity contribution is 6.10. The van der Waals surface area contributed by atoms with Crippen molar-refractivity contribution in [3.63, 3.8) is 0 Å². The summed E-state index contributed by atoms with van der Waals surface area (Å²) in [6.07, 6.45) is 10.7. The Bertz CT molecular complexity index is 4750. The Labute approximate surface area is 577 Å². The lowest BCUT2D eigenvalue weighted by molar-refractivity contribution is 0.0488. The molecular weight excluding hydrogens is 1260 g/mol. The van der Waals surface area contributed by atoms with Crippen LogP contribution in [0.5, 0.6) is 46.0 Å². The zero-order valence-electron chi connectivity index (χ0n) is 56.1. The second-order valence-electron chi connectivity index (χ2n) is 24.2. The van der Waals surface area contributed by atoms with Crippen LogP contribution >= 0.6 is 0 Å². The summed E-state index contributed by atoms with van der Waals surface area (Å²) in [6.45, 7) is 9.53. The van der Waals surface area contributed by atoms with E-state index in [9.17, 15) is 19.2 Å². The zero-order chi connectivity index (χ0) is 68.9. The van der Waals surface area contributed by atoms with E-state index in [1.54, 1.807) is 121 Å². The molecule has 2 aliphatic rings. The van der Waals surface area contributed by atoms with Crippen molar-refractivity contribution in [1.82, 2.24) is 39.9 Å². The highest BCUT2D eigenvalue weighted by Crippen LogP contribution is 2.46. The quantitative estimate of drug-likeness (QED) is 0.0263. The fourth-order valence-electron chi connectivity index (χ4n) is 11.9. The molecule has 5 heterocycles. The normalized spacial score (nSPS) is 11.4. The smallest absolute Gasteiger partial charge is 0.338 e. The zero-order valence-corrected chi connectivity index (χ0v) is 56.1. The van der Waals surface area contributed by atoms with E-state index < -0.39 is 23.9 Å². The van der Waals surface area contributed by atoms with Gasteiger partial charge in [-0.25, -0.2) is 49.1 Å². The van der Waals surface area contributed by atoms with Gasteiger partial charge in [0.05, 0.1) is 70.6 Å². The van der Waals surface area contributed by atoms with E-state index >= 15 is 0 Å². The summed E-state index contributed by atoms with van der Waals surface area (Å²) in [5.41, 5.74) is 4.47. The number of ether oxygens (including phenoxy) is 8. The first-order chi connectivity index (χ1) is 49.0. The Balaban J connectivity index is 1.03. The Kier molecular flexibility index (Phi) is 20.8. The molecule has 0 saturated carbocycles. The molecule has 8 aromatic carbocycles. The highest BCUT2D eigenvalue weighted by atomic mass is 16.5. The van der Waals surface area contributed by atoms with E-state index in [1.807, 2.05) is 48.5 Å². The fraction of sp³-hybridized carbons (Fsp3) is 0.250. The molecule has 0 fully saturated rings. The summed E-state index contributed by atoms with van der Waals surface area (Å²) >= 11 is 0. The van der Waals surface area contributed by atoms with Crippen LogP contribution < -0.4 is 18.9 Å². The Morgan fingerprint density at radius 1 is 0.310 bits per heavy atom. The number of aromatic amines is 2. The Morgan fingerprint density at radius 3 is 0.930 bits per heavy atom. The third-order valence-electron chi connectivity index (χ3n) is 16.9. The first kappa shape index (κ1) is 66.8. The molecule has 20 nitrogen and oxygen atoms in total. The molecule has 0 radical (unpaired) electrons. The molecule has 100 heavy (non-hydrogen) atoms. The second-order valence-corrected chi connectivity index (χ2v) is 24.2. The maximum atomic E-state index is 13.4. The maximum Gasteiger partial charge on any atom is 0.338 e. The monoisotopic (exact) mass is 1340 g/mol. The Morgan fingerprint density at radius 2 is 0.600 bits per heavy atom. The van der Waals surface area contributed by atoms with Crippen LogP contribution in [0.3, 0.4) is 0 Å². The number of nitrogens with one attached hydrogen (secondary N) is 2. The average Bonchev–Trinajstić information content (AvgIpc) is 1.59. The molecule has 0 amide bonds. The number of H-pyrrole nitrogens is 2. The lowest BCUT2D eigenvalue weighted by Crippen LogP contribution is -2.06. The van der Waals surface area contributed by atoms with E-state index in [0.29, 0.717) is 150 Å². The summed E-state index contributed by atoms with van der Waals surface area (Å²) in [4.78, 5) is 92.8. The number of hydrogen-bond donors (Lipinski definition) is 2. The molecule has 8 bridgehead atoms. The van der Waals surface area contributed by atoms with Gasteiger partial charge in [0, 0.05) is 21.9 Å². The van der Waals surface area contributed by atoms with Crippen LogP contribution in [0.2, 0.25) is 0 Å². The number of carbonyl (C=O) groups is 4. The number of carbonyl (C=O) groups excluding carboxylic acids is 4. The van der Waals surface area contributed by atoms with Gasteiger partial charge in [-0.15, -0.1) is 0 Å². The van der Waals surface area contributed by atoms with Gasteiger partial charge >= 0.3 is 23.9 Å². The molecule has 0 unspecified atom stereocenters. The minimum Gasteiger partial charge on any atom is -0.462 e. The molecule has 11 aromatic rings. The first-order valence-corrected chi connectivity index (χ1v) is 34.2. The van der Waals surface area contributed by atoms with Gasteiger partial charge in [-0.05, 0) is 123 Å². The number of nitrogens with zero attached hydrogens (tertiary/aromatic N) is 6. The minimum absolute atomic E-state index is 0.194. The van der Waals surface area contributed by atoms with Crippen LogP contribution in [0.1, 0.15) is 146 Å². The van der Waals surface area contributed by atoms with Gasteiger partial charge in [-0.1, -0.05) is 152 Å². The van der Waals surface area contributed by atoms with Gasteiger partial charge in [0.25, 0.3) is 0 Å². The first-order valence-electron chi connectivity index (χ1n) is 34.2. The third kappa shape index (κ3) is 15.0. The molecule has 2 N–H and O–H groups in total. The number of aromatic nitrogens is 8. The van der Waals surface area contributed by atoms with Crippen molar-refractivity contribution in [1.29, 1.82) is 0 Å². The number of rotatable bonds is 28. The van der Waals surface area contributed by atoms with Crippen molar-refractivity contribution in [2.24, 2.45) is 0 Å². The van der Waals surface area contributed by atoms with Gasteiger partial charge in [0.1, 0.15) is 68.6 Å². The molecule has 13 rings (SSSR count). The average molecular weight is 1340 g/mol. The van der Waals surface area contributed by atoms with Crippen LogP contribution in [0.15, 0.2) is 170 Å². The summed E-state index contributed by atoms with van der Waals surface area (Å²) < 4.78 is 49.8. The maximum absolute atomic E-state index is 13.4. The molecule has 20 heteroatoms. The van der Waals surface area contributed by atoms with Gasteiger partial charge in [-0.3, -0.25) is 0 Å². The van der Waals surface area contributed by atoms with Crippen LogP contribution in [0, 0.1) is 0 Å². The van der Waals surface area contributed by atoms with E-state index in [0.717, 1.165) is 77.0 Å². The molecular formula is C80H74N8O12. The third-order valence-corrected chi connectivity index (χ3v) is 16.9. The van der Waals surface area contributed by atoms with Crippen LogP contribution in [0.4, 0.5) is 0 Å². The predicted octanol–water partition coefficient (Wildman–Crippen LogP) is 19.4. The SMILES string of the molecule is CCCCCOC(=O)c1cccc(Oc2cccc3c2-c2nc-3nc3[nH]c(nc4nc(nc5[nH]c(n2)c2cccc(Oc6cccc(C(=O)OCCCCC)c6)c52)-c2cccc(Oc5cccc(C(=O)OCCCCC)c5)c2-4)c2cccc(Oc4cccc(C(=O)OCCCCC)c4)c32)c1. The van der Waals surface area contributed by atoms with E-state index in [2.05, 4.69) is 37.7 Å². The molecule has 0 saturated heterocycles. The summed E-state index contributed by atoms with van der Waals surface area (Å²) in [6, 6.07) is 49.3. The standard InChI is InChI=1S/C80H74N8O12/c1-5-9-13-41-93-77(89)49-25-17-29-53(45-49)97-61-37-21-33-57-65(61)73-81-69(57)86-74-67-59(35-23-39-63(67)99-55-31-19-27-51(47-55)79(91)95-43-15-11-7-3)71(83-74)88-76-68-60(36-24-40-64(68)100-56-32-20-28-52(48-56)80(92)96-44-16-12-8-4)72(84-76)87-75-66-58(70(82-75)85-73)34-22-38-62(66)98-54-30-18-26-50(46-54)78(90)94-42-14-10-6-2/h17-40,45-48H,5-16,41-44H2,1-4H3,(H2,81,82,83,84,85,86,87,88). The van der Waals surface area contributed by atoms with E-state index in [-0.39, 0.29) is 34.6 Å². The van der Waals surface area contributed by atoms with Gasteiger partial charge < -0.3 is 47.9 Å². The number of benzene rings is 8. The highest BCUT2D eigenvalue weighted by Gasteiger charge is 2.29. The van der Waals surface area contributed by atoms with Crippen LogP contribution in [0.25, 0.3) is 89.7 Å². The van der Waals surface area contributed by atoms with Crippen molar-refractivity contribution in [3.8, 4) is 91.5 Å². The van der Waals surface area contributed by atoms with Gasteiger partial charge in [-0.2, -0.15) is 0 Å². The molecule has 0 atom stereocenters. The number of fused-ring (bicyclic) bond motifs is 20. The second kappa shape index (κ2) is 31.2. The predicted molar refractivity (Wildman–Crippen MR) is 381 cm³/mol. The van der Waals surface area contributed by atoms with Crippen molar-refractivity contribution in [2.75, 3.05) is 26.4 Å². The topological polar surface area (TPSA) is 251 Å². The lowest BCUT2D eigenvalue weighted by Gasteiger charge is -2.11. The number of unbranched alkanes of at least 4 members (excludes halogenated alkanes) is 8. The van der Waals surface area contributed by atoms with Crippen molar-refractivity contribution < 1.29 is 57.1 Å². The largest absolute Gasteiger partial charge is 0.462 e. The minimum atomic E-state index is -0.471. The summed E-state index contributed by atoms with van der Waals surface area (Å²) in [5.74, 6) is 1.78. The molecule has 0 spiro atoms. The van der Waals surface area contributed by atoms with Crippen molar-refractivity contribution >= 4 is 68.0 Å². The summed E-state index contributed by atoms with van der Waals surface area (Å²) in [5, 5.41) is 2.12. The summed E-state index contributed by atoms with van der Waals surface area (Å²) in [7, 11) is 0. The fourth-order valence-corrected chi connectivity index (χ4v) is 11.9. The van der Waals surface area contributed by atoms with Gasteiger partial charge in [0.15, 0.2) is 23.3 Å². The molecule has 0 aliphatic carbocycles. The molecule has 506 valence electrons.